The number of urea groups is 1. The first-order valence-corrected chi connectivity index (χ1v) is 8.99. The van der Waals surface area contributed by atoms with Crippen LogP contribution >= 0.6 is 0 Å². The Morgan fingerprint density at radius 1 is 1.12 bits per heavy atom. The molecule has 1 atom stereocenters. The van der Waals surface area contributed by atoms with E-state index >= 15 is 0 Å². The minimum atomic E-state index is -0.392. The van der Waals surface area contributed by atoms with E-state index in [0.29, 0.717) is 45.9 Å². The monoisotopic (exact) mass is 344 g/mol. The van der Waals surface area contributed by atoms with Crippen LogP contribution in [-0.2, 0) is 16.1 Å². The Morgan fingerprint density at radius 2 is 1.92 bits per heavy atom. The number of aromatic nitrogens is 1. The zero-order chi connectivity index (χ0) is 17.3. The largest absolute Gasteiger partial charge is 0.378 e. The SMILES string of the molecule is O=C(N1CCOCC1)N1CC[C@]2(CCN(Cc3ccccn3)C2=O)C1. The van der Waals surface area contributed by atoms with Crippen LogP contribution < -0.4 is 0 Å². The summed E-state index contributed by atoms with van der Waals surface area (Å²) < 4.78 is 5.31. The normalized spacial score (nSPS) is 26.7. The number of carbonyl (C=O) groups is 2. The van der Waals surface area contributed by atoms with Crippen molar-refractivity contribution in [1.82, 2.24) is 19.7 Å². The standard InChI is InChI=1S/C18H24N4O3/c23-16-18(4-7-21(16)13-15-3-1-2-6-19-15)5-8-22(14-18)17(24)20-9-11-25-12-10-20/h1-3,6H,4-5,7-14H2/t18-/m1/s1. The van der Waals surface area contributed by atoms with Gasteiger partial charge in [-0.15, -0.1) is 0 Å². The highest BCUT2D eigenvalue weighted by atomic mass is 16.5. The second kappa shape index (κ2) is 6.63. The van der Waals surface area contributed by atoms with Gasteiger partial charge >= 0.3 is 6.03 Å². The van der Waals surface area contributed by atoms with Crippen LogP contribution in [0.2, 0.25) is 0 Å². The third kappa shape index (κ3) is 3.08. The number of hydrogen-bond donors (Lipinski definition) is 0. The molecule has 4 heterocycles. The van der Waals surface area contributed by atoms with Gasteiger partial charge in [-0.05, 0) is 25.0 Å². The first-order valence-electron chi connectivity index (χ1n) is 8.99. The van der Waals surface area contributed by atoms with E-state index in [4.69, 9.17) is 4.74 Å². The van der Waals surface area contributed by atoms with Crippen LogP contribution in [0.3, 0.4) is 0 Å². The smallest absolute Gasteiger partial charge is 0.320 e. The van der Waals surface area contributed by atoms with Crippen LogP contribution in [0.4, 0.5) is 4.79 Å². The molecule has 0 N–H and O–H groups in total. The number of carbonyl (C=O) groups excluding carboxylic acids is 2. The van der Waals surface area contributed by atoms with Gasteiger partial charge in [0.1, 0.15) is 0 Å². The zero-order valence-corrected chi connectivity index (χ0v) is 14.4. The Bertz CT molecular complexity index is 647. The molecule has 0 bridgehead atoms. The maximum Gasteiger partial charge on any atom is 0.320 e. The Hall–Kier alpha value is -2.15. The van der Waals surface area contributed by atoms with Gasteiger partial charge in [-0.25, -0.2) is 4.79 Å². The summed E-state index contributed by atoms with van der Waals surface area (Å²) in [5.41, 5.74) is 0.517. The van der Waals surface area contributed by atoms with Gasteiger partial charge in [0.25, 0.3) is 0 Å². The molecule has 3 fully saturated rings. The van der Waals surface area contributed by atoms with Gasteiger partial charge in [0.05, 0.1) is 30.9 Å². The molecule has 3 aliphatic heterocycles. The van der Waals surface area contributed by atoms with Crippen molar-refractivity contribution in [3.8, 4) is 0 Å². The third-order valence-electron chi connectivity index (χ3n) is 5.59. The molecule has 7 heteroatoms. The Labute approximate surface area is 147 Å². The van der Waals surface area contributed by atoms with Gasteiger partial charge in [-0.2, -0.15) is 0 Å². The maximum absolute atomic E-state index is 13.0. The molecule has 1 spiro atoms. The Morgan fingerprint density at radius 3 is 2.68 bits per heavy atom. The lowest BCUT2D eigenvalue weighted by molar-refractivity contribution is -0.136. The van der Waals surface area contributed by atoms with E-state index in [-0.39, 0.29) is 11.9 Å². The fourth-order valence-corrected chi connectivity index (χ4v) is 4.10. The van der Waals surface area contributed by atoms with E-state index in [1.54, 1.807) is 6.20 Å². The molecule has 1 aromatic rings. The first kappa shape index (κ1) is 16.3. The van der Waals surface area contributed by atoms with E-state index in [1.165, 1.54) is 0 Å². The lowest BCUT2D eigenvalue weighted by atomic mass is 9.85. The molecule has 0 radical (unpaired) electrons. The molecule has 3 amide bonds. The predicted octanol–water partition coefficient (Wildman–Crippen LogP) is 0.958. The van der Waals surface area contributed by atoms with Crippen LogP contribution in [0.25, 0.3) is 0 Å². The van der Waals surface area contributed by atoms with Gasteiger partial charge in [0, 0.05) is 38.9 Å². The zero-order valence-electron chi connectivity index (χ0n) is 14.4. The van der Waals surface area contributed by atoms with Gasteiger partial charge < -0.3 is 19.4 Å². The van der Waals surface area contributed by atoms with Crippen molar-refractivity contribution in [2.45, 2.75) is 19.4 Å². The van der Waals surface area contributed by atoms with E-state index < -0.39 is 5.41 Å². The maximum atomic E-state index is 13.0. The second-order valence-corrected chi connectivity index (χ2v) is 7.13. The van der Waals surface area contributed by atoms with Crippen molar-refractivity contribution in [2.75, 3.05) is 45.9 Å². The first-order chi connectivity index (χ1) is 12.2. The Kier molecular flexibility index (Phi) is 4.33. The number of amides is 3. The third-order valence-corrected chi connectivity index (χ3v) is 5.59. The number of hydrogen-bond acceptors (Lipinski definition) is 4. The number of ether oxygens (including phenoxy) is 1. The molecule has 3 aliphatic rings. The highest BCUT2D eigenvalue weighted by molar-refractivity contribution is 5.87. The molecule has 25 heavy (non-hydrogen) atoms. The summed E-state index contributed by atoms with van der Waals surface area (Å²) in [7, 11) is 0. The van der Waals surface area contributed by atoms with Gasteiger partial charge in [-0.1, -0.05) is 6.07 Å². The summed E-state index contributed by atoms with van der Waals surface area (Å²) in [6.07, 6.45) is 3.34. The van der Waals surface area contributed by atoms with Gasteiger partial charge in [-0.3, -0.25) is 9.78 Å². The number of rotatable bonds is 2. The minimum Gasteiger partial charge on any atom is -0.378 e. The summed E-state index contributed by atoms with van der Waals surface area (Å²) in [4.78, 5) is 35.6. The number of pyridine rings is 1. The van der Waals surface area contributed by atoms with Crippen LogP contribution in [0.5, 0.6) is 0 Å². The summed E-state index contributed by atoms with van der Waals surface area (Å²) in [6.45, 7) is 4.99. The second-order valence-electron chi connectivity index (χ2n) is 7.13. The van der Waals surface area contributed by atoms with Gasteiger partial charge in [0.15, 0.2) is 0 Å². The van der Waals surface area contributed by atoms with Crippen LogP contribution in [-0.4, -0.2) is 77.6 Å². The lowest BCUT2D eigenvalue weighted by Gasteiger charge is -2.31. The summed E-state index contributed by atoms with van der Waals surface area (Å²) in [6, 6.07) is 5.82. The van der Waals surface area contributed by atoms with E-state index in [2.05, 4.69) is 4.98 Å². The fraction of sp³-hybridized carbons (Fsp3) is 0.611. The molecular weight excluding hydrogens is 320 g/mol. The number of morpholine rings is 1. The average molecular weight is 344 g/mol. The number of likely N-dealkylation sites (tertiary alicyclic amines) is 2. The molecule has 0 saturated carbocycles. The molecule has 0 aromatic carbocycles. The summed E-state index contributed by atoms with van der Waals surface area (Å²) >= 11 is 0. The van der Waals surface area contributed by atoms with Crippen molar-refractivity contribution in [3.63, 3.8) is 0 Å². The van der Waals surface area contributed by atoms with E-state index in [0.717, 1.165) is 25.1 Å². The molecular formula is C18H24N4O3. The van der Waals surface area contributed by atoms with Crippen molar-refractivity contribution >= 4 is 11.9 Å². The highest BCUT2D eigenvalue weighted by Gasteiger charge is 2.52. The summed E-state index contributed by atoms with van der Waals surface area (Å²) in [5, 5.41) is 0. The van der Waals surface area contributed by atoms with Crippen molar-refractivity contribution in [3.05, 3.63) is 30.1 Å². The molecule has 134 valence electrons. The van der Waals surface area contributed by atoms with Crippen LogP contribution in [0.1, 0.15) is 18.5 Å². The van der Waals surface area contributed by atoms with Crippen molar-refractivity contribution in [2.24, 2.45) is 5.41 Å². The molecule has 1 aromatic heterocycles. The quantitative estimate of drug-likeness (QED) is 0.801. The summed E-state index contributed by atoms with van der Waals surface area (Å²) in [5.74, 6) is 0.176. The fourth-order valence-electron chi connectivity index (χ4n) is 4.10. The predicted molar refractivity (Wildman–Crippen MR) is 90.7 cm³/mol. The van der Waals surface area contributed by atoms with Gasteiger partial charge in [0.2, 0.25) is 5.91 Å². The van der Waals surface area contributed by atoms with E-state index in [9.17, 15) is 9.59 Å². The molecule has 4 rings (SSSR count). The van der Waals surface area contributed by atoms with Crippen LogP contribution in [0, 0.1) is 5.41 Å². The van der Waals surface area contributed by atoms with Crippen molar-refractivity contribution < 1.29 is 14.3 Å². The Balaban J connectivity index is 1.40. The average Bonchev–Trinajstić information content (AvgIpc) is 3.23. The number of nitrogens with zero attached hydrogens (tertiary/aromatic N) is 4. The highest BCUT2D eigenvalue weighted by Crippen LogP contribution is 2.41. The lowest BCUT2D eigenvalue weighted by Crippen LogP contribution is -2.48. The van der Waals surface area contributed by atoms with Crippen LogP contribution in [0.15, 0.2) is 24.4 Å². The molecule has 0 aliphatic carbocycles. The van der Waals surface area contributed by atoms with Crippen molar-refractivity contribution in [1.29, 1.82) is 0 Å². The topological polar surface area (TPSA) is 66.0 Å². The minimum absolute atomic E-state index is 0.0520. The van der Waals surface area contributed by atoms with E-state index in [1.807, 2.05) is 32.9 Å². The molecule has 3 saturated heterocycles. The molecule has 7 nitrogen and oxygen atoms in total. The molecule has 0 unspecified atom stereocenters.